The average molecular weight is 341 g/mol. The molecule has 2 rings (SSSR count). The molecule has 0 amide bonds. The number of hydrogen-bond acceptors (Lipinski definition) is 4. The van der Waals surface area contributed by atoms with Gasteiger partial charge in [-0.3, -0.25) is 0 Å². The van der Waals surface area contributed by atoms with E-state index >= 15 is 0 Å². The lowest BCUT2D eigenvalue weighted by atomic mass is 9.63. The molecule has 6 atom stereocenters. The fourth-order valence-electron chi connectivity index (χ4n) is 4.24. The molecular formula is C20H36O4. The lowest BCUT2D eigenvalue weighted by Gasteiger charge is -2.49. The maximum absolute atomic E-state index is 11.5. The van der Waals surface area contributed by atoms with Crippen LogP contribution in [0, 0.1) is 11.8 Å². The first-order valence-corrected chi connectivity index (χ1v) is 9.32. The molecule has 3 unspecified atom stereocenters. The average Bonchev–Trinajstić information content (AvgIpc) is 3.25. The molecule has 4 nitrogen and oxygen atoms in total. The molecule has 0 aromatic heterocycles. The van der Waals surface area contributed by atoms with Gasteiger partial charge in [-0.1, -0.05) is 18.6 Å². The van der Waals surface area contributed by atoms with Crippen molar-refractivity contribution in [1.29, 1.82) is 0 Å². The van der Waals surface area contributed by atoms with Gasteiger partial charge < -0.3 is 19.3 Å². The van der Waals surface area contributed by atoms with Crippen LogP contribution in [0.4, 0.5) is 0 Å². The van der Waals surface area contributed by atoms with Crippen molar-refractivity contribution >= 4 is 0 Å². The van der Waals surface area contributed by atoms with Crippen LogP contribution < -0.4 is 0 Å². The van der Waals surface area contributed by atoms with E-state index in [1.54, 1.807) is 7.11 Å². The molecule has 1 spiro atoms. The normalized spacial score (nSPS) is 36.5. The van der Waals surface area contributed by atoms with Crippen LogP contribution in [0.5, 0.6) is 0 Å². The highest BCUT2D eigenvalue weighted by molar-refractivity contribution is 5.14. The van der Waals surface area contributed by atoms with E-state index < -0.39 is 5.60 Å². The first kappa shape index (κ1) is 19.9. The van der Waals surface area contributed by atoms with Crippen LogP contribution in [0.1, 0.15) is 60.8 Å². The van der Waals surface area contributed by atoms with E-state index in [-0.39, 0.29) is 35.7 Å². The zero-order chi connectivity index (χ0) is 18.1. The van der Waals surface area contributed by atoms with E-state index in [1.165, 1.54) is 5.57 Å². The number of rotatable bonds is 7. The number of aliphatic hydroxyl groups is 1. The molecule has 1 aliphatic carbocycles. The maximum Gasteiger partial charge on any atom is 0.0998 e. The van der Waals surface area contributed by atoms with E-state index in [1.807, 2.05) is 6.92 Å². The number of methoxy groups -OCH3 is 1. The summed E-state index contributed by atoms with van der Waals surface area (Å²) < 4.78 is 17.9. The predicted molar refractivity (Wildman–Crippen MR) is 96.0 cm³/mol. The SMILES string of the molecule is COC1C(OC(C)C)CC[C@]2(CO2)C1[C@@](C)(O)[C@H](C)CC=C(C)C. The monoisotopic (exact) mass is 340 g/mol. The van der Waals surface area contributed by atoms with Crippen molar-refractivity contribution in [3.63, 3.8) is 0 Å². The molecule has 0 aromatic rings. The van der Waals surface area contributed by atoms with Gasteiger partial charge >= 0.3 is 0 Å². The fourth-order valence-corrected chi connectivity index (χ4v) is 4.24. The Hall–Kier alpha value is -0.420. The van der Waals surface area contributed by atoms with Crippen molar-refractivity contribution in [2.24, 2.45) is 11.8 Å². The highest BCUT2D eigenvalue weighted by atomic mass is 16.6. The molecule has 24 heavy (non-hydrogen) atoms. The molecule has 1 saturated carbocycles. The van der Waals surface area contributed by atoms with Gasteiger partial charge in [-0.15, -0.1) is 0 Å². The van der Waals surface area contributed by atoms with Gasteiger partial charge in [0.05, 0.1) is 36.1 Å². The second-order valence-electron chi connectivity index (χ2n) is 8.44. The molecule has 0 radical (unpaired) electrons. The predicted octanol–water partition coefficient (Wildman–Crippen LogP) is 3.72. The van der Waals surface area contributed by atoms with Crippen molar-refractivity contribution in [3.8, 4) is 0 Å². The minimum Gasteiger partial charge on any atom is -0.389 e. The number of allylic oxidation sites excluding steroid dienone is 2. The van der Waals surface area contributed by atoms with Crippen LogP contribution in [-0.2, 0) is 14.2 Å². The number of ether oxygens (including phenoxy) is 3. The Balaban J connectivity index is 2.26. The fraction of sp³-hybridized carbons (Fsp3) is 0.900. The molecule has 1 N–H and O–H groups in total. The zero-order valence-corrected chi connectivity index (χ0v) is 16.5. The minimum absolute atomic E-state index is 0.0111. The third-order valence-electron chi connectivity index (χ3n) is 5.86. The molecule has 1 heterocycles. The Bertz CT molecular complexity index is 447. The van der Waals surface area contributed by atoms with Crippen LogP contribution in [0.15, 0.2) is 11.6 Å². The smallest absolute Gasteiger partial charge is 0.0998 e. The number of hydrogen-bond donors (Lipinski definition) is 1. The van der Waals surface area contributed by atoms with Gasteiger partial charge in [-0.2, -0.15) is 0 Å². The van der Waals surface area contributed by atoms with Crippen molar-refractivity contribution < 1.29 is 19.3 Å². The van der Waals surface area contributed by atoms with Gasteiger partial charge in [0.2, 0.25) is 0 Å². The van der Waals surface area contributed by atoms with Crippen molar-refractivity contribution in [3.05, 3.63) is 11.6 Å². The highest BCUT2D eigenvalue weighted by Gasteiger charge is 2.65. The van der Waals surface area contributed by atoms with Crippen molar-refractivity contribution in [2.75, 3.05) is 13.7 Å². The van der Waals surface area contributed by atoms with Crippen LogP contribution >= 0.6 is 0 Å². The molecule has 140 valence electrons. The van der Waals surface area contributed by atoms with E-state index in [0.29, 0.717) is 0 Å². The Labute approximate surface area is 147 Å². The van der Waals surface area contributed by atoms with Gasteiger partial charge in [0.15, 0.2) is 0 Å². The third-order valence-corrected chi connectivity index (χ3v) is 5.86. The van der Waals surface area contributed by atoms with Gasteiger partial charge in [0.25, 0.3) is 0 Å². The lowest BCUT2D eigenvalue weighted by Crippen LogP contribution is -2.60. The van der Waals surface area contributed by atoms with E-state index in [2.05, 4.69) is 40.7 Å². The van der Waals surface area contributed by atoms with E-state index in [0.717, 1.165) is 25.9 Å². The summed E-state index contributed by atoms with van der Waals surface area (Å²) in [7, 11) is 1.73. The summed E-state index contributed by atoms with van der Waals surface area (Å²) in [6.07, 6.45) is 4.92. The van der Waals surface area contributed by atoms with E-state index in [9.17, 15) is 5.11 Å². The van der Waals surface area contributed by atoms with Crippen molar-refractivity contribution in [1.82, 2.24) is 0 Å². The Morgan fingerprint density at radius 3 is 2.46 bits per heavy atom. The van der Waals surface area contributed by atoms with Gasteiger partial charge in [-0.05, 0) is 59.8 Å². The van der Waals surface area contributed by atoms with Crippen LogP contribution in [0.3, 0.4) is 0 Å². The topological polar surface area (TPSA) is 51.2 Å². The maximum atomic E-state index is 11.5. The van der Waals surface area contributed by atoms with Gasteiger partial charge in [0.1, 0.15) is 0 Å². The second kappa shape index (κ2) is 7.45. The van der Waals surface area contributed by atoms with Crippen molar-refractivity contribution in [2.45, 2.75) is 90.3 Å². The Morgan fingerprint density at radius 1 is 1.38 bits per heavy atom. The quantitative estimate of drug-likeness (QED) is 0.567. The largest absolute Gasteiger partial charge is 0.389 e. The molecule has 2 aliphatic rings. The molecule has 4 heteroatoms. The summed E-state index contributed by atoms with van der Waals surface area (Å²) in [5.74, 6) is 0.0435. The summed E-state index contributed by atoms with van der Waals surface area (Å²) in [6.45, 7) is 13.1. The molecular weight excluding hydrogens is 304 g/mol. The van der Waals surface area contributed by atoms with Gasteiger partial charge in [-0.25, -0.2) is 0 Å². The summed E-state index contributed by atoms with van der Waals surface area (Å²) >= 11 is 0. The molecule has 1 saturated heterocycles. The summed E-state index contributed by atoms with van der Waals surface area (Å²) in [6, 6.07) is 0. The second-order valence-corrected chi connectivity index (χ2v) is 8.44. The molecule has 1 aliphatic heterocycles. The Kier molecular flexibility index (Phi) is 6.17. The Morgan fingerprint density at radius 2 is 2.00 bits per heavy atom. The standard InChI is InChI=1S/C20H36O4/c1-13(2)8-9-15(5)19(6,21)18-17(22-7)16(24-14(3)4)10-11-20(18)12-23-20/h8,14-18,21H,9-12H2,1-7H3/t15-,16?,17?,18?,19+,20+/m1/s1. The summed E-state index contributed by atoms with van der Waals surface area (Å²) in [4.78, 5) is 0. The third kappa shape index (κ3) is 4.04. The van der Waals surface area contributed by atoms with E-state index in [4.69, 9.17) is 14.2 Å². The molecule has 0 aromatic carbocycles. The number of epoxide rings is 1. The van der Waals surface area contributed by atoms with Crippen LogP contribution in [0.2, 0.25) is 0 Å². The van der Waals surface area contributed by atoms with Gasteiger partial charge in [0, 0.05) is 13.0 Å². The van der Waals surface area contributed by atoms with Crippen LogP contribution in [-0.4, -0.2) is 48.3 Å². The van der Waals surface area contributed by atoms with Crippen LogP contribution in [0.25, 0.3) is 0 Å². The summed E-state index contributed by atoms with van der Waals surface area (Å²) in [5, 5.41) is 11.5. The summed E-state index contributed by atoms with van der Waals surface area (Å²) in [5.41, 5.74) is 0.172. The zero-order valence-electron chi connectivity index (χ0n) is 16.5. The first-order valence-electron chi connectivity index (χ1n) is 9.32. The first-order chi connectivity index (χ1) is 11.1. The lowest BCUT2D eigenvalue weighted by molar-refractivity contribution is -0.195. The highest BCUT2D eigenvalue weighted by Crippen LogP contribution is 2.53. The molecule has 0 bridgehead atoms. The molecule has 2 fully saturated rings. The minimum atomic E-state index is -0.873.